The van der Waals surface area contributed by atoms with E-state index in [1.165, 1.54) is 11.9 Å². The number of nitrogens with zero attached hydrogens (tertiary/aromatic N) is 3. The fourth-order valence-corrected chi connectivity index (χ4v) is 3.67. The van der Waals surface area contributed by atoms with E-state index in [4.69, 9.17) is 0 Å². The number of nitrogens with one attached hydrogen (secondary N) is 1. The number of halogens is 1. The molecular formula is C20H19BrN4O. The van der Waals surface area contributed by atoms with Crippen LogP contribution in [-0.2, 0) is 17.9 Å². The van der Waals surface area contributed by atoms with Gasteiger partial charge < -0.3 is 5.32 Å². The molecular weight excluding hydrogens is 392 g/mol. The molecule has 4 rings (SSSR count). The second-order valence-corrected chi connectivity index (χ2v) is 7.55. The van der Waals surface area contributed by atoms with Crippen LogP contribution in [0.4, 0.5) is 0 Å². The zero-order chi connectivity index (χ0) is 17.9. The summed E-state index contributed by atoms with van der Waals surface area (Å²) in [6, 6.07) is 16.4. The molecule has 1 N–H and O–H groups in total. The molecule has 0 bridgehead atoms. The number of rotatable bonds is 6. The summed E-state index contributed by atoms with van der Waals surface area (Å²) in [5, 5.41) is 7.20. The van der Waals surface area contributed by atoms with E-state index in [1.54, 1.807) is 11.0 Å². The summed E-state index contributed by atoms with van der Waals surface area (Å²) < 4.78 is 2.84. The maximum atomic E-state index is 12.4. The monoisotopic (exact) mass is 410 g/mol. The first-order valence-corrected chi connectivity index (χ1v) is 9.42. The van der Waals surface area contributed by atoms with E-state index in [2.05, 4.69) is 55.6 Å². The molecule has 1 aromatic heterocycles. The zero-order valence-corrected chi connectivity index (χ0v) is 15.8. The molecule has 2 unspecified atom stereocenters. The van der Waals surface area contributed by atoms with Gasteiger partial charge in [-0.25, -0.2) is 9.67 Å². The summed E-state index contributed by atoms with van der Waals surface area (Å²) in [5.41, 5.74) is 3.46. The van der Waals surface area contributed by atoms with Crippen LogP contribution in [0.25, 0.3) is 0 Å². The van der Waals surface area contributed by atoms with Gasteiger partial charge in [0, 0.05) is 16.9 Å². The molecule has 0 spiro atoms. The van der Waals surface area contributed by atoms with Crippen molar-refractivity contribution in [2.75, 3.05) is 0 Å². The molecule has 2 aromatic carbocycles. The lowest BCUT2D eigenvalue weighted by Gasteiger charge is -2.08. The van der Waals surface area contributed by atoms with Crippen molar-refractivity contribution in [3.05, 3.63) is 82.3 Å². The summed E-state index contributed by atoms with van der Waals surface area (Å²) >= 11 is 3.49. The molecule has 1 heterocycles. The second-order valence-electron chi connectivity index (χ2n) is 6.63. The van der Waals surface area contributed by atoms with Crippen LogP contribution < -0.4 is 5.32 Å². The van der Waals surface area contributed by atoms with Crippen molar-refractivity contribution in [2.24, 2.45) is 5.92 Å². The lowest BCUT2D eigenvalue weighted by Crippen LogP contribution is -2.25. The number of hydrogen-bond acceptors (Lipinski definition) is 3. The van der Waals surface area contributed by atoms with E-state index in [9.17, 15) is 4.79 Å². The highest BCUT2D eigenvalue weighted by atomic mass is 79.9. The molecule has 0 aliphatic heterocycles. The van der Waals surface area contributed by atoms with Crippen LogP contribution in [0.15, 0.2) is 65.7 Å². The van der Waals surface area contributed by atoms with Crippen molar-refractivity contribution in [2.45, 2.75) is 25.4 Å². The maximum Gasteiger partial charge on any atom is 0.224 e. The second kappa shape index (κ2) is 7.41. The van der Waals surface area contributed by atoms with Crippen molar-refractivity contribution >= 4 is 21.8 Å². The quantitative estimate of drug-likeness (QED) is 0.676. The SMILES string of the molecule is O=C(NCc1cccc(Cn2cncn2)c1)C1CC1c1cccc(Br)c1. The third kappa shape index (κ3) is 4.02. The number of benzene rings is 2. The first kappa shape index (κ1) is 17.0. The predicted molar refractivity (Wildman–Crippen MR) is 102 cm³/mol. The topological polar surface area (TPSA) is 59.8 Å². The molecule has 1 saturated carbocycles. The Kier molecular flexibility index (Phi) is 4.84. The minimum atomic E-state index is 0.0858. The van der Waals surface area contributed by atoms with Crippen LogP contribution in [0.5, 0.6) is 0 Å². The molecule has 0 radical (unpaired) electrons. The summed E-state index contributed by atoms with van der Waals surface area (Å²) in [7, 11) is 0. The Morgan fingerprint density at radius 1 is 1.19 bits per heavy atom. The Labute approximate surface area is 160 Å². The molecule has 5 nitrogen and oxygen atoms in total. The first-order chi connectivity index (χ1) is 12.7. The first-order valence-electron chi connectivity index (χ1n) is 8.62. The molecule has 1 aliphatic rings. The van der Waals surface area contributed by atoms with Crippen LogP contribution >= 0.6 is 15.9 Å². The minimum Gasteiger partial charge on any atom is -0.352 e. The molecule has 1 fully saturated rings. The molecule has 0 saturated heterocycles. The zero-order valence-electron chi connectivity index (χ0n) is 14.2. The standard InChI is InChI=1S/C20H19BrN4O/c21-17-6-2-5-16(8-17)18-9-19(18)20(26)23-10-14-3-1-4-15(7-14)11-25-13-22-12-24-25/h1-8,12-13,18-19H,9-11H2,(H,23,26). The van der Waals surface area contributed by atoms with Crippen LogP contribution in [-0.4, -0.2) is 20.7 Å². The van der Waals surface area contributed by atoms with Crippen molar-refractivity contribution in [3.63, 3.8) is 0 Å². The third-order valence-electron chi connectivity index (χ3n) is 4.67. The Hall–Kier alpha value is -2.47. The van der Waals surface area contributed by atoms with Gasteiger partial charge in [-0.2, -0.15) is 5.10 Å². The van der Waals surface area contributed by atoms with Gasteiger partial charge in [-0.3, -0.25) is 4.79 Å². The number of hydrogen-bond donors (Lipinski definition) is 1. The average Bonchev–Trinajstić information content (AvgIpc) is 3.30. The number of carbonyl (C=O) groups excluding carboxylic acids is 1. The van der Waals surface area contributed by atoms with E-state index in [-0.39, 0.29) is 11.8 Å². The smallest absolute Gasteiger partial charge is 0.224 e. The van der Waals surface area contributed by atoms with Crippen molar-refractivity contribution < 1.29 is 4.79 Å². The van der Waals surface area contributed by atoms with Gasteiger partial charge in [-0.1, -0.05) is 52.3 Å². The minimum absolute atomic E-state index is 0.0858. The molecule has 6 heteroatoms. The van der Waals surface area contributed by atoms with Gasteiger partial charge in [0.1, 0.15) is 12.7 Å². The highest BCUT2D eigenvalue weighted by molar-refractivity contribution is 9.10. The molecule has 3 aromatic rings. The summed E-state index contributed by atoms with van der Waals surface area (Å²) in [4.78, 5) is 16.4. The van der Waals surface area contributed by atoms with E-state index < -0.39 is 0 Å². The van der Waals surface area contributed by atoms with Gasteiger partial charge in [0.15, 0.2) is 0 Å². The predicted octanol–water partition coefficient (Wildman–Crippen LogP) is 3.51. The summed E-state index contributed by atoms with van der Waals surface area (Å²) in [6.07, 6.45) is 4.15. The van der Waals surface area contributed by atoms with Crippen LogP contribution in [0.2, 0.25) is 0 Å². The summed E-state index contributed by atoms with van der Waals surface area (Å²) in [6.45, 7) is 1.22. The Bertz CT molecular complexity index is 910. The van der Waals surface area contributed by atoms with Crippen LogP contribution in [0, 0.1) is 5.92 Å². The van der Waals surface area contributed by atoms with E-state index in [1.807, 2.05) is 24.3 Å². The molecule has 132 valence electrons. The van der Waals surface area contributed by atoms with Crippen molar-refractivity contribution in [3.8, 4) is 0 Å². The van der Waals surface area contributed by atoms with E-state index in [0.29, 0.717) is 19.0 Å². The normalized spacial score (nSPS) is 18.5. The molecule has 26 heavy (non-hydrogen) atoms. The van der Waals surface area contributed by atoms with Crippen molar-refractivity contribution in [1.29, 1.82) is 0 Å². The Morgan fingerprint density at radius 2 is 2.04 bits per heavy atom. The maximum absolute atomic E-state index is 12.4. The van der Waals surface area contributed by atoms with Gasteiger partial charge in [0.2, 0.25) is 5.91 Å². The van der Waals surface area contributed by atoms with Crippen molar-refractivity contribution in [1.82, 2.24) is 20.1 Å². The Morgan fingerprint density at radius 3 is 2.85 bits per heavy atom. The van der Waals surface area contributed by atoms with Crippen LogP contribution in [0.3, 0.4) is 0 Å². The van der Waals surface area contributed by atoms with Gasteiger partial charge in [0.25, 0.3) is 0 Å². The lowest BCUT2D eigenvalue weighted by atomic mass is 10.1. The fourth-order valence-electron chi connectivity index (χ4n) is 3.25. The lowest BCUT2D eigenvalue weighted by molar-refractivity contribution is -0.122. The number of aromatic nitrogens is 3. The van der Waals surface area contributed by atoms with E-state index in [0.717, 1.165) is 22.0 Å². The average molecular weight is 411 g/mol. The highest BCUT2D eigenvalue weighted by Crippen LogP contribution is 2.47. The largest absolute Gasteiger partial charge is 0.352 e. The molecule has 1 aliphatic carbocycles. The highest BCUT2D eigenvalue weighted by Gasteiger charge is 2.43. The number of carbonyl (C=O) groups is 1. The fraction of sp³-hybridized carbons (Fsp3) is 0.250. The van der Waals surface area contributed by atoms with Crippen LogP contribution in [0.1, 0.15) is 29.0 Å². The van der Waals surface area contributed by atoms with Gasteiger partial charge in [-0.05, 0) is 41.2 Å². The molecule has 2 atom stereocenters. The van der Waals surface area contributed by atoms with Gasteiger partial charge in [0.05, 0.1) is 6.54 Å². The van der Waals surface area contributed by atoms with Gasteiger partial charge in [-0.15, -0.1) is 0 Å². The Balaban J connectivity index is 1.32. The summed E-state index contributed by atoms with van der Waals surface area (Å²) in [5.74, 6) is 0.561. The third-order valence-corrected chi connectivity index (χ3v) is 5.17. The molecule has 1 amide bonds. The van der Waals surface area contributed by atoms with E-state index >= 15 is 0 Å². The number of amides is 1. The van der Waals surface area contributed by atoms with Gasteiger partial charge >= 0.3 is 0 Å².